The first kappa shape index (κ1) is 33.7. The van der Waals surface area contributed by atoms with Gasteiger partial charge in [-0.05, 0) is 99.1 Å². The second kappa shape index (κ2) is 14.5. The van der Waals surface area contributed by atoms with Crippen LogP contribution < -0.4 is 19.7 Å². The Balaban J connectivity index is 1.21. The topological polar surface area (TPSA) is 125 Å². The summed E-state index contributed by atoms with van der Waals surface area (Å²) in [7, 11) is 0. The fourth-order valence-electron chi connectivity index (χ4n) is 7.00. The quantitative estimate of drug-likeness (QED) is 0.124. The lowest BCUT2D eigenvalue weighted by atomic mass is 9.62. The van der Waals surface area contributed by atoms with E-state index in [0.29, 0.717) is 42.4 Å². The summed E-state index contributed by atoms with van der Waals surface area (Å²) in [6.07, 6.45) is 8.31. The maximum atomic E-state index is 11.5. The number of carbonyl (C=O) groups is 1. The molecule has 252 valence electrons. The molecule has 11 heteroatoms. The van der Waals surface area contributed by atoms with E-state index in [4.69, 9.17) is 19.7 Å². The second-order valence-electron chi connectivity index (χ2n) is 13.9. The molecule has 0 amide bonds. The molecule has 6 rings (SSSR count). The van der Waals surface area contributed by atoms with Crippen molar-refractivity contribution in [3.8, 4) is 17.1 Å². The molecule has 0 spiro atoms. The van der Waals surface area contributed by atoms with Crippen molar-refractivity contribution >= 4 is 29.7 Å². The van der Waals surface area contributed by atoms with E-state index in [9.17, 15) is 9.90 Å². The molecule has 1 unspecified atom stereocenters. The van der Waals surface area contributed by atoms with Gasteiger partial charge in [0.15, 0.2) is 0 Å². The van der Waals surface area contributed by atoms with Gasteiger partial charge < -0.3 is 20.1 Å². The third-order valence-electron chi connectivity index (χ3n) is 9.45. The summed E-state index contributed by atoms with van der Waals surface area (Å²) < 4.78 is 9.73. The molecule has 4 aromatic rings. The zero-order valence-electron chi connectivity index (χ0n) is 28.4. The molecule has 3 heterocycles. The third kappa shape index (κ3) is 8.07. The van der Waals surface area contributed by atoms with Crippen LogP contribution in [0.15, 0.2) is 65.8 Å². The number of ether oxygens (including phenoxy) is 1. The standard InChI is InChI=1S/C37H45N7O3S/c1-23-9-6-10-24(2)34(23)30-16-33(42-36(41-30)43-48-29-13-7-12-26(15-29)35(45)46)47-22-31(27-17-37(4,5)18-27)39-20-28-19-38-21-32(40-28)44-14-8-11-25(44)3/h6-7,9-10,12-13,15-16,19,21,25,27,31,39H,8,11,14,17-18,20,22H2,1-5H3,(H,45,46)(H,41,42,43)/t25-,31?/m1/s1. The molecule has 10 nitrogen and oxygen atoms in total. The van der Waals surface area contributed by atoms with Crippen LogP contribution in [0.3, 0.4) is 0 Å². The van der Waals surface area contributed by atoms with Gasteiger partial charge in [-0.3, -0.25) is 9.71 Å². The van der Waals surface area contributed by atoms with Crippen molar-refractivity contribution in [1.82, 2.24) is 25.3 Å². The number of anilines is 2. The van der Waals surface area contributed by atoms with Crippen molar-refractivity contribution in [1.29, 1.82) is 0 Å². The molecule has 48 heavy (non-hydrogen) atoms. The lowest BCUT2D eigenvalue weighted by Crippen LogP contribution is -2.48. The Morgan fingerprint density at radius 2 is 1.85 bits per heavy atom. The number of rotatable bonds is 13. The first-order valence-corrected chi connectivity index (χ1v) is 17.5. The molecule has 0 radical (unpaired) electrons. The summed E-state index contributed by atoms with van der Waals surface area (Å²) in [5.74, 6) is 1.29. The van der Waals surface area contributed by atoms with Crippen LogP contribution in [-0.4, -0.2) is 56.2 Å². The normalized spacial score (nSPS) is 17.9. The van der Waals surface area contributed by atoms with E-state index in [0.717, 1.165) is 58.2 Å². The van der Waals surface area contributed by atoms with Gasteiger partial charge in [-0.1, -0.05) is 38.1 Å². The largest absolute Gasteiger partial charge is 0.478 e. The Morgan fingerprint density at radius 3 is 2.56 bits per heavy atom. The van der Waals surface area contributed by atoms with Crippen molar-refractivity contribution in [2.45, 2.75) is 83.8 Å². The highest BCUT2D eigenvalue weighted by Gasteiger charge is 2.40. The lowest BCUT2D eigenvalue weighted by molar-refractivity contribution is 0.0460. The van der Waals surface area contributed by atoms with Gasteiger partial charge in [0.1, 0.15) is 12.4 Å². The van der Waals surface area contributed by atoms with Gasteiger partial charge in [0, 0.05) is 47.9 Å². The van der Waals surface area contributed by atoms with Crippen molar-refractivity contribution in [3.63, 3.8) is 0 Å². The number of carboxylic acids is 1. The minimum atomic E-state index is -0.972. The van der Waals surface area contributed by atoms with Crippen LogP contribution in [0.1, 0.15) is 73.6 Å². The summed E-state index contributed by atoms with van der Waals surface area (Å²) in [5, 5.41) is 13.2. The van der Waals surface area contributed by atoms with Crippen molar-refractivity contribution < 1.29 is 14.6 Å². The predicted molar refractivity (Wildman–Crippen MR) is 191 cm³/mol. The molecular formula is C37H45N7O3S. The van der Waals surface area contributed by atoms with Crippen molar-refractivity contribution in [2.24, 2.45) is 11.3 Å². The van der Waals surface area contributed by atoms with Crippen LogP contribution >= 0.6 is 11.9 Å². The fourth-order valence-corrected chi connectivity index (χ4v) is 7.63. The average molecular weight is 668 g/mol. The minimum absolute atomic E-state index is 0.0948. The average Bonchev–Trinajstić information content (AvgIpc) is 3.48. The second-order valence-corrected chi connectivity index (χ2v) is 14.8. The maximum absolute atomic E-state index is 11.5. The van der Waals surface area contributed by atoms with Gasteiger partial charge in [0.2, 0.25) is 11.8 Å². The molecule has 0 bridgehead atoms. The van der Waals surface area contributed by atoms with E-state index >= 15 is 0 Å². The Hall–Kier alpha value is -4.22. The summed E-state index contributed by atoms with van der Waals surface area (Å²) in [6, 6.07) is 15.4. The molecule has 3 N–H and O–H groups in total. The molecule has 2 atom stereocenters. The molecule has 1 aliphatic heterocycles. The van der Waals surface area contributed by atoms with E-state index in [1.165, 1.54) is 24.8 Å². The van der Waals surface area contributed by atoms with Gasteiger partial charge in [-0.2, -0.15) is 4.98 Å². The third-order valence-corrected chi connectivity index (χ3v) is 10.2. The number of aromatic carboxylic acids is 1. The van der Waals surface area contributed by atoms with Crippen molar-refractivity contribution in [2.75, 3.05) is 22.8 Å². The first-order valence-electron chi connectivity index (χ1n) is 16.7. The summed E-state index contributed by atoms with van der Waals surface area (Å²) in [4.78, 5) is 33.7. The Labute approximate surface area is 287 Å². The predicted octanol–water partition coefficient (Wildman–Crippen LogP) is 7.33. The van der Waals surface area contributed by atoms with Gasteiger partial charge in [-0.15, -0.1) is 0 Å². The summed E-state index contributed by atoms with van der Waals surface area (Å²) in [6.45, 7) is 13.1. The van der Waals surface area contributed by atoms with Gasteiger partial charge in [0.05, 0.1) is 23.1 Å². The minimum Gasteiger partial charge on any atom is -0.478 e. The molecule has 2 aliphatic rings. The summed E-state index contributed by atoms with van der Waals surface area (Å²) in [5.41, 5.74) is 5.46. The molecule has 1 aliphatic carbocycles. The van der Waals surface area contributed by atoms with E-state index < -0.39 is 5.97 Å². The van der Waals surface area contributed by atoms with E-state index in [2.05, 4.69) is 66.7 Å². The number of aryl methyl sites for hydroxylation is 2. The van der Waals surface area contributed by atoms with Crippen molar-refractivity contribution in [3.05, 3.63) is 83.3 Å². The van der Waals surface area contributed by atoms with Crippen LogP contribution in [0.2, 0.25) is 0 Å². The van der Waals surface area contributed by atoms with E-state index in [-0.39, 0.29) is 11.6 Å². The molecule has 2 aromatic carbocycles. The highest BCUT2D eigenvalue weighted by molar-refractivity contribution is 8.00. The maximum Gasteiger partial charge on any atom is 0.335 e. The number of nitrogens with zero attached hydrogens (tertiary/aromatic N) is 5. The van der Waals surface area contributed by atoms with Gasteiger partial charge >= 0.3 is 5.97 Å². The van der Waals surface area contributed by atoms with Crippen LogP contribution in [0.25, 0.3) is 11.3 Å². The molecule has 1 saturated heterocycles. The number of nitrogens with one attached hydrogen (secondary N) is 2. The van der Waals surface area contributed by atoms with Crippen LogP contribution in [0.4, 0.5) is 11.8 Å². The van der Waals surface area contributed by atoms with E-state index in [1.807, 2.05) is 30.6 Å². The Morgan fingerprint density at radius 1 is 1.08 bits per heavy atom. The fraction of sp³-hybridized carbons (Fsp3) is 0.432. The smallest absolute Gasteiger partial charge is 0.335 e. The monoisotopic (exact) mass is 667 g/mol. The van der Waals surface area contributed by atoms with Gasteiger partial charge in [-0.25, -0.2) is 14.8 Å². The zero-order valence-corrected chi connectivity index (χ0v) is 29.2. The molecule has 2 aromatic heterocycles. The van der Waals surface area contributed by atoms with E-state index in [1.54, 1.807) is 18.2 Å². The van der Waals surface area contributed by atoms with Gasteiger partial charge in [0.25, 0.3) is 0 Å². The Kier molecular flexibility index (Phi) is 10.2. The molecule has 2 fully saturated rings. The summed E-state index contributed by atoms with van der Waals surface area (Å²) >= 11 is 1.26. The number of hydrogen-bond donors (Lipinski definition) is 3. The number of benzene rings is 2. The molecular weight excluding hydrogens is 623 g/mol. The number of hydrogen-bond acceptors (Lipinski definition) is 10. The highest BCUT2D eigenvalue weighted by Crippen LogP contribution is 2.46. The van der Waals surface area contributed by atoms with Crippen LogP contribution in [-0.2, 0) is 6.54 Å². The highest BCUT2D eigenvalue weighted by atomic mass is 32.2. The zero-order chi connectivity index (χ0) is 33.8. The lowest BCUT2D eigenvalue weighted by Gasteiger charge is -2.46. The first-order chi connectivity index (χ1) is 23.0. The number of aromatic nitrogens is 4. The molecule has 1 saturated carbocycles. The Bertz CT molecular complexity index is 1740. The number of carboxylic acid groups (broad SMARTS) is 1. The SMILES string of the molecule is Cc1cccc(C)c1-c1cc(OCC(NCc2cncc(N3CCC[C@H]3C)n2)C2CC(C)(C)C2)nc(NSc2cccc(C(=O)O)c2)n1. The van der Waals surface area contributed by atoms with Crippen LogP contribution in [0.5, 0.6) is 5.88 Å². The van der Waals surface area contributed by atoms with Crippen LogP contribution in [0, 0.1) is 25.2 Å².